The number of amides is 1. The van der Waals surface area contributed by atoms with Gasteiger partial charge in [0.15, 0.2) is 0 Å². The third-order valence-electron chi connectivity index (χ3n) is 3.77. The van der Waals surface area contributed by atoms with Crippen LogP contribution < -0.4 is 5.32 Å². The monoisotopic (exact) mass is 224 g/mol. The van der Waals surface area contributed by atoms with E-state index in [2.05, 4.69) is 17.1 Å². The second-order valence-electron chi connectivity index (χ2n) is 5.29. The SMILES string of the molecule is CCN(CC1CC1)C(=O)CC1CCCNC1. The predicted molar refractivity (Wildman–Crippen MR) is 65.2 cm³/mol. The molecule has 0 aromatic rings. The van der Waals surface area contributed by atoms with E-state index in [4.69, 9.17) is 0 Å². The zero-order valence-corrected chi connectivity index (χ0v) is 10.4. The molecule has 1 atom stereocenters. The first kappa shape index (κ1) is 11.9. The van der Waals surface area contributed by atoms with Crippen LogP contribution >= 0.6 is 0 Å². The molecule has 2 aliphatic rings. The minimum Gasteiger partial charge on any atom is -0.343 e. The summed E-state index contributed by atoms with van der Waals surface area (Å²) >= 11 is 0. The van der Waals surface area contributed by atoms with E-state index >= 15 is 0 Å². The maximum Gasteiger partial charge on any atom is 0.222 e. The molecule has 1 saturated carbocycles. The van der Waals surface area contributed by atoms with Gasteiger partial charge in [0.05, 0.1) is 0 Å². The number of hydrogen-bond acceptors (Lipinski definition) is 2. The zero-order valence-electron chi connectivity index (χ0n) is 10.4. The average Bonchev–Trinajstić information content (AvgIpc) is 3.11. The Morgan fingerprint density at radius 3 is 2.69 bits per heavy atom. The van der Waals surface area contributed by atoms with Gasteiger partial charge in [0.2, 0.25) is 5.91 Å². The molecule has 1 amide bonds. The second-order valence-corrected chi connectivity index (χ2v) is 5.29. The third-order valence-corrected chi connectivity index (χ3v) is 3.77. The summed E-state index contributed by atoms with van der Waals surface area (Å²) in [6.45, 7) is 6.15. The van der Waals surface area contributed by atoms with Crippen molar-refractivity contribution in [2.24, 2.45) is 11.8 Å². The van der Waals surface area contributed by atoms with E-state index < -0.39 is 0 Å². The van der Waals surface area contributed by atoms with Crippen LogP contribution in [0, 0.1) is 11.8 Å². The van der Waals surface area contributed by atoms with E-state index in [9.17, 15) is 4.79 Å². The van der Waals surface area contributed by atoms with Crippen molar-refractivity contribution in [3.63, 3.8) is 0 Å². The van der Waals surface area contributed by atoms with Crippen molar-refractivity contribution in [3.8, 4) is 0 Å². The summed E-state index contributed by atoms with van der Waals surface area (Å²) in [7, 11) is 0. The number of nitrogens with one attached hydrogen (secondary N) is 1. The van der Waals surface area contributed by atoms with Crippen LogP contribution in [0.5, 0.6) is 0 Å². The fraction of sp³-hybridized carbons (Fsp3) is 0.923. The van der Waals surface area contributed by atoms with E-state index in [0.29, 0.717) is 11.8 Å². The number of carbonyl (C=O) groups is 1. The molecule has 92 valence electrons. The minimum atomic E-state index is 0.378. The number of nitrogens with zero attached hydrogens (tertiary/aromatic N) is 1. The van der Waals surface area contributed by atoms with Crippen LogP contribution in [0.4, 0.5) is 0 Å². The highest BCUT2D eigenvalue weighted by Gasteiger charge is 2.27. The maximum absolute atomic E-state index is 12.1. The number of rotatable bonds is 5. The van der Waals surface area contributed by atoms with Gasteiger partial charge in [-0.2, -0.15) is 0 Å². The molecule has 0 aromatic heterocycles. The van der Waals surface area contributed by atoms with Crippen LogP contribution in [-0.2, 0) is 4.79 Å². The number of carbonyl (C=O) groups excluding carboxylic acids is 1. The lowest BCUT2D eigenvalue weighted by atomic mass is 9.95. The smallest absolute Gasteiger partial charge is 0.222 e. The highest BCUT2D eigenvalue weighted by Crippen LogP contribution is 2.30. The molecule has 2 rings (SSSR count). The van der Waals surface area contributed by atoms with Gasteiger partial charge >= 0.3 is 0 Å². The third kappa shape index (κ3) is 3.48. The molecule has 1 N–H and O–H groups in total. The lowest BCUT2D eigenvalue weighted by Crippen LogP contribution is -2.37. The van der Waals surface area contributed by atoms with E-state index in [1.807, 2.05) is 0 Å². The van der Waals surface area contributed by atoms with Crippen molar-refractivity contribution in [3.05, 3.63) is 0 Å². The summed E-state index contributed by atoms with van der Waals surface area (Å²) in [4.78, 5) is 14.2. The Balaban J connectivity index is 1.74. The molecule has 3 heteroatoms. The predicted octanol–water partition coefficient (Wildman–Crippen LogP) is 1.63. The Morgan fingerprint density at radius 1 is 1.31 bits per heavy atom. The molecular formula is C13H24N2O. The van der Waals surface area contributed by atoms with E-state index in [1.165, 1.54) is 25.7 Å². The van der Waals surface area contributed by atoms with E-state index in [-0.39, 0.29) is 0 Å². The highest BCUT2D eigenvalue weighted by atomic mass is 16.2. The van der Waals surface area contributed by atoms with Crippen LogP contribution in [0.3, 0.4) is 0 Å². The summed E-state index contributed by atoms with van der Waals surface area (Å²) in [5, 5.41) is 3.38. The molecule has 0 spiro atoms. The van der Waals surface area contributed by atoms with Gasteiger partial charge in [0.25, 0.3) is 0 Å². The molecule has 0 aromatic carbocycles. The topological polar surface area (TPSA) is 32.3 Å². The normalized spacial score (nSPS) is 25.4. The Morgan fingerprint density at radius 2 is 2.12 bits per heavy atom. The maximum atomic E-state index is 12.1. The van der Waals surface area contributed by atoms with Crippen molar-refractivity contribution in [1.29, 1.82) is 0 Å². The Bertz CT molecular complexity index is 232. The molecular weight excluding hydrogens is 200 g/mol. The summed E-state index contributed by atoms with van der Waals surface area (Å²) in [5.74, 6) is 1.77. The molecule has 0 bridgehead atoms. The molecule has 1 aliphatic carbocycles. The summed E-state index contributed by atoms with van der Waals surface area (Å²) in [6, 6.07) is 0. The van der Waals surface area contributed by atoms with Crippen molar-refractivity contribution in [2.75, 3.05) is 26.2 Å². The van der Waals surface area contributed by atoms with Crippen LogP contribution in [0.15, 0.2) is 0 Å². The molecule has 1 saturated heterocycles. The van der Waals surface area contributed by atoms with Gasteiger partial charge in [-0.25, -0.2) is 0 Å². The quantitative estimate of drug-likeness (QED) is 0.770. The average molecular weight is 224 g/mol. The van der Waals surface area contributed by atoms with Crippen LogP contribution in [0.25, 0.3) is 0 Å². The molecule has 3 nitrogen and oxygen atoms in total. The standard InChI is InChI=1S/C13H24N2O/c1-2-15(10-11-5-6-11)13(16)8-12-4-3-7-14-9-12/h11-12,14H,2-10H2,1H3. The fourth-order valence-corrected chi connectivity index (χ4v) is 2.49. The van der Waals surface area contributed by atoms with Gasteiger partial charge in [0, 0.05) is 19.5 Å². The van der Waals surface area contributed by atoms with E-state index in [1.54, 1.807) is 0 Å². The van der Waals surface area contributed by atoms with Gasteiger partial charge in [-0.15, -0.1) is 0 Å². The summed E-state index contributed by atoms with van der Waals surface area (Å²) < 4.78 is 0. The Labute approximate surface area is 98.6 Å². The Kier molecular flexibility index (Phi) is 4.22. The summed E-state index contributed by atoms with van der Waals surface area (Å²) in [5.41, 5.74) is 0. The molecule has 1 heterocycles. The van der Waals surface area contributed by atoms with Gasteiger partial charge < -0.3 is 10.2 Å². The van der Waals surface area contributed by atoms with Gasteiger partial charge in [-0.05, 0) is 57.5 Å². The van der Waals surface area contributed by atoms with E-state index in [0.717, 1.165) is 38.5 Å². The van der Waals surface area contributed by atoms with Gasteiger partial charge in [-0.1, -0.05) is 0 Å². The largest absolute Gasteiger partial charge is 0.343 e. The molecule has 16 heavy (non-hydrogen) atoms. The number of piperidine rings is 1. The highest BCUT2D eigenvalue weighted by molar-refractivity contribution is 5.76. The first-order valence-electron chi connectivity index (χ1n) is 6.78. The fourth-order valence-electron chi connectivity index (χ4n) is 2.49. The second kappa shape index (κ2) is 5.67. The van der Waals surface area contributed by atoms with Crippen molar-refractivity contribution in [2.45, 2.75) is 39.0 Å². The van der Waals surface area contributed by atoms with Gasteiger partial charge in [-0.3, -0.25) is 4.79 Å². The van der Waals surface area contributed by atoms with Gasteiger partial charge in [0.1, 0.15) is 0 Å². The summed E-state index contributed by atoms with van der Waals surface area (Å²) in [6.07, 6.45) is 5.86. The molecule has 1 aliphatic heterocycles. The minimum absolute atomic E-state index is 0.378. The molecule has 0 radical (unpaired) electrons. The lowest BCUT2D eigenvalue weighted by molar-refractivity contribution is -0.132. The lowest BCUT2D eigenvalue weighted by Gasteiger charge is -2.26. The molecule has 1 unspecified atom stereocenters. The number of hydrogen-bond donors (Lipinski definition) is 1. The van der Waals surface area contributed by atoms with Crippen molar-refractivity contribution >= 4 is 5.91 Å². The Hall–Kier alpha value is -0.570. The zero-order chi connectivity index (χ0) is 11.4. The van der Waals surface area contributed by atoms with Crippen LogP contribution in [0.2, 0.25) is 0 Å². The van der Waals surface area contributed by atoms with Crippen LogP contribution in [0.1, 0.15) is 39.0 Å². The first-order valence-corrected chi connectivity index (χ1v) is 6.78. The van der Waals surface area contributed by atoms with Crippen molar-refractivity contribution < 1.29 is 4.79 Å². The first-order chi connectivity index (χ1) is 7.79. The van der Waals surface area contributed by atoms with Crippen LogP contribution in [-0.4, -0.2) is 37.0 Å². The van der Waals surface area contributed by atoms with Crippen molar-refractivity contribution in [1.82, 2.24) is 10.2 Å². The molecule has 2 fully saturated rings.